The Balaban J connectivity index is 2.03. The molecule has 0 saturated heterocycles. The lowest BCUT2D eigenvalue weighted by Gasteiger charge is -2.35. The second-order valence-corrected chi connectivity index (χ2v) is 5.94. The number of rotatable bonds is 2. The Morgan fingerprint density at radius 1 is 1.16 bits per heavy atom. The quantitative estimate of drug-likeness (QED) is 0.857. The minimum atomic E-state index is -0.675. The van der Waals surface area contributed by atoms with Gasteiger partial charge < -0.3 is 10.2 Å². The van der Waals surface area contributed by atoms with Crippen molar-refractivity contribution >= 4 is 5.97 Å². The molecule has 1 saturated carbocycles. The summed E-state index contributed by atoms with van der Waals surface area (Å²) in [6.07, 6.45) is 6.22. The van der Waals surface area contributed by atoms with Crippen LogP contribution in [0.1, 0.15) is 49.1 Å². The zero-order chi connectivity index (χ0) is 13.4. The fourth-order valence-corrected chi connectivity index (χ4v) is 4.00. The Morgan fingerprint density at radius 2 is 1.89 bits per heavy atom. The summed E-state index contributed by atoms with van der Waals surface area (Å²) in [5, 5.41) is 19.2. The molecule has 1 aromatic carbocycles. The van der Waals surface area contributed by atoms with E-state index in [0.717, 1.165) is 31.2 Å². The lowest BCUT2D eigenvalue weighted by atomic mass is 9.68. The molecule has 3 heteroatoms. The van der Waals surface area contributed by atoms with Crippen molar-refractivity contribution in [3.05, 3.63) is 29.3 Å². The van der Waals surface area contributed by atoms with Crippen LogP contribution in [0.5, 0.6) is 5.75 Å². The van der Waals surface area contributed by atoms with Gasteiger partial charge in [-0.2, -0.15) is 0 Å². The van der Waals surface area contributed by atoms with Gasteiger partial charge in [0.1, 0.15) is 5.75 Å². The van der Waals surface area contributed by atoms with E-state index in [1.807, 2.05) is 6.07 Å². The lowest BCUT2D eigenvalue weighted by molar-refractivity contribution is -0.143. The molecule has 2 aliphatic carbocycles. The normalized spacial score (nSPS) is 27.2. The molecule has 2 N–H and O–H groups in total. The zero-order valence-electron chi connectivity index (χ0n) is 11.0. The van der Waals surface area contributed by atoms with Crippen LogP contribution in [0.3, 0.4) is 0 Å². The molecular formula is C16H20O3. The van der Waals surface area contributed by atoms with Crippen LogP contribution in [-0.2, 0) is 11.2 Å². The Bertz CT molecular complexity index is 489. The fourth-order valence-electron chi connectivity index (χ4n) is 4.00. The molecule has 0 aromatic heterocycles. The first-order chi connectivity index (χ1) is 9.16. The summed E-state index contributed by atoms with van der Waals surface area (Å²) in [6, 6.07) is 5.48. The second kappa shape index (κ2) is 4.87. The summed E-state index contributed by atoms with van der Waals surface area (Å²) >= 11 is 0. The first-order valence-corrected chi connectivity index (χ1v) is 7.21. The Kier molecular flexibility index (Phi) is 3.21. The van der Waals surface area contributed by atoms with E-state index in [9.17, 15) is 15.0 Å². The number of hydrogen-bond acceptors (Lipinski definition) is 2. The number of phenolic OH excluding ortho intramolecular Hbond substituents is 1. The third-order valence-corrected chi connectivity index (χ3v) is 4.87. The molecule has 1 aromatic rings. The number of carbonyl (C=O) groups is 1. The smallest absolute Gasteiger partial charge is 0.307 e. The van der Waals surface area contributed by atoms with Crippen molar-refractivity contribution < 1.29 is 15.0 Å². The highest BCUT2D eigenvalue weighted by atomic mass is 16.4. The van der Waals surface area contributed by atoms with Crippen molar-refractivity contribution in [3.63, 3.8) is 0 Å². The second-order valence-electron chi connectivity index (χ2n) is 5.94. The van der Waals surface area contributed by atoms with Crippen molar-refractivity contribution in [1.29, 1.82) is 0 Å². The number of aromatic hydroxyl groups is 1. The van der Waals surface area contributed by atoms with Crippen LogP contribution in [0.2, 0.25) is 0 Å². The van der Waals surface area contributed by atoms with Crippen LogP contribution in [0, 0.1) is 11.8 Å². The van der Waals surface area contributed by atoms with Crippen LogP contribution in [0.25, 0.3) is 0 Å². The van der Waals surface area contributed by atoms with Crippen LogP contribution >= 0.6 is 0 Å². The van der Waals surface area contributed by atoms with Gasteiger partial charge in [0.15, 0.2) is 0 Å². The highest BCUT2D eigenvalue weighted by Crippen LogP contribution is 2.47. The van der Waals surface area contributed by atoms with Crippen molar-refractivity contribution in [2.45, 2.75) is 44.4 Å². The van der Waals surface area contributed by atoms with E-state index in [4.69, 9.17) is 0 Å². The standard InChI is InChI=1S/C16H20O3/c17-12-7-5-10-6-8-13(16(18)19)15(14(10)9-12)11-3-1-2-4-11/h5,7,9,11,13,15,17H,1-4,6,8H2,(H,18,19). The van der Waals surface area contributed by atoms with E-state index in [0.29, 0.717) is 5.92 Å². The first kappa shape index (κ1) is 12.5. The molecule has 1 fully saturated rings. The maximum Gasteiger partial charge on any atom is 0.307 e. The Labute approximate surface area is 113 Å². The molecule has 0 heterocycles. The van der Waals surface area contributed by atoms with Crippen LogP contribution in [0.4, 0.5) is 0 Å². The molecule has 102 valence electrons. The highest BCUT2D eigenvalue weighted by Gasteiger charge is 2.40. The molecule has 0 radical (unpaired) electrons. The van der Waals surface area contributed by atoms with Crippen LogP contribution in [-0.4, -0.2) is 16.2 Å². The summed E-state index contributed by atoms with van der Waals surface area (Å²) in [5.41, 5.74) is 2.32. The van der Waals surface area contributed by atoms with E-state index in [1.165, 1.54) is 18.4 Å². The van der Waals surface area contributed by atoms with Gasteiger partial charge in [0.2, 0.25) is 0 Å². The summed E-state index contributed by atoms with van der Waals surface area (Å²) in [5.74, 6) is -0.131. The van der Waals surface area contributed by atoms with E-state index >= 15 is 0 Å². The summed E-state index contributed by atoms with van der Waals surface area (Å²) in [4.78, 5) is 11.6. The van der Waals surface area contributed by atoms with Gasteiger partial charge in [-0.15, -0.1) is 0 Å². The monoisotopic (exact) mass is 260 g/mol. The van der Waals surface area contributed by atoms with Gasteiger partial charge in [-0.1, -0.05) is 18.9 Å². The Morgan fingerprint density at radius 3 is 2.58 bits per heavy atom. The minimum Gasteiger partial charge on any atom is -0.508 e. The predicted molar refractivity (Wildman–Crippen MR) is 72.3 cm³/mol. The summed E-state index contributed by atoms with van der Waals surface area (Å²) < 4.78 is 0. The molecule has 19 heavy (non-hydrogen) atoms. The highest BCUT2D eigenvalue weighted by molar-refractivity contribution is 5.72. The number of aliphatic carboxylic acids is 1. The first-order valence-electron chi connectivity index (χ1n) is 7.21. The third kappa shape index (κ3) is 2.22. The van der Waals surface area contributed by atoms with Gasteiger partial charge in [0.05, 0.1) is 5.92 Å². The van der Waals surface area contributed by atoms with Crippen molar-refractivity contribution in [1.82, 2.24) is 0 Å². The lowest BCUT2D eigenvalue weighted by Crippen LogP contribution is -2.31. The molecule has 3 rings (SSSR count). The predicted octanol–water partition coefficient (Wildman–Crippen LogP) is 3.31. The Hall–Kier alpha value is -1.51. The molecule has 0 amide bonds. The largest absolute Gasteiger partial charge is 0.508 e. The number of hydrogen-bond donors (Lipinski definition) is 2. The number of aryl methyl sites for hydroxylation is 1. The molecule has 2 unspecified atom stereocenters. The van der Waals surface area contributed by atoms with E-state index in [2.05, 4.69) is 0 Å². The van der Waals surface area contributed by atoms with Crippen molar-refractivity contribution in [2.75, 3.05) is 0 Å². The van der Waals surface area contributed by atoms with E-state index in [-0.39, 0.29) is 17.6 Å². The molecule has 0 aliphatic heterocycles. The van der Waals surface area contributed by atoms with Gasteiger partial charge in [0.25, 0.3) is 0 Å². The van der Waals surface area contributed by atoms with Gasteiger partial charge >= 0.3 is 5.97 Å². The molecular weight excluding hydrogens is 240 g/mol. The van der Waals surface area contributed by atoms with Crippen LogP contribution in [0.15, 0.2) is 18.2 Å². The van der Waals surface area contributed by atoms with Crippen molar-refractivity contribution in [3.8, 4) is 5.75 Å². The molecule has 3 nitrogen and oxygen atoms in total. The van der Waals surface area contributed by atoms with E-state index < -0.39 is 5.97 Å². The average Bonchev–Trinajstić information content (AvgIpc) is 2.90. The third-order valence-electron chi connectivity index (χ3n) is 4.87. The number of carboxylic acid groups (broad SMARTS) is 1. The summed E-state index contributed by atoms with van der Waals surface area (Å²) in [6.45, 7) is 0. The summed E-state index contributed by atoms with van der Waals surface area (Å²) in [7, 11) is 0. The maximum atomic E-state index is 11.6. The molecule has 2 atom stereocenters. The topological polar surface area (TPSA) is 57.5 Å². The number of benzene rings is 1. The molecule has 0 spiro atoms. The van der Waals surface area contributed by atoms with Gasteiger partial charge in [-0.25, -0.2) is 0 Å². The number of phenols is 1. The van der Waals surface area contributed by atoms with Gasteiger partial charge in [-0.3, -0.25) is 4.79 Å². The number of carboxylic acids is 1. The van der Waals surface area contributed by atoms with Crippen LogP contribution < -0.4 is 0 Å². The maximum absolute atomic E-state index is 11.6. The van der Waals surface area contributed by atoms with Crippen molar-refractivity contribution in [2.24, 2.45) is 11.8 Å². The van der Waals surface area contributed by atoms with E-state index in [1.54, 1.807) is 12.1 Å². The van der Waals surface area contributed by atoms with Gasteiger partial charge in [-0.05, 0) is 54.9 Å². The zero-order valence-corrected chi connectivity index (χ0v) is 11.0. The number of fused-ring (bicyclic) bond motifs is 1. The van der Waals surface area contributed by atoms with Gasteiger partial charge in [0, 0.05) is 5.92 Å². The fraction of sp³-hybridized carbons (Fsp3) is 0.562. The molecule has 0 bridgehead atoms. The minimum absolute atomic E-state index is 0.0934. The SMILES string of the molecule is O=C(O)C1CCc2ccc(O)cc2C1C1CCCC1. The average molecular weight is 260 g/mol. The molecule has 2 aliphatic rings.